The summed E-state index contributed by atoms with van der Waals surface area (Å²) in [7, 11) is 0. The fraction of sp³-hybridized carbons (Fsp3) is 0.316. The molecular weight excluding hydrogens is 354 g/mol. The molecule has 1 aliphatic heterocycles. The predicted octanol–water partition coefficient (Wildman–Crippen LogP) is 3.14. The first kappa shape index (κ1) is 19.9. The summed E-state index contributed by atoms with van der Waals surface area (Å²) in [6, 6.07) is 14.7. The standard InChI is InChI=1S/C19H21N3O3.ClH/c1-13-16(8-5-9-18(13)22(24)25)19(23)21-11-15(10-20)17(12-21)14-6-3-2-4-7-14;/h2-9,15,17H,10-12,20H2,1H3;1H/t15-,17+;/m1./s1. The zero-order valence-corrected chi connectivity index (χ0v) is 15.3. The number of rotatable bonds is 4. The molecule has 7 heteroatoms. The zero-order valence-electron chi connectivity index (χ0n) is 14.5. The molecule has 0 bridgehead atoms. The number of benzene rings is 2. The van der Waals surface area contributed by atoms with E-state index in [-0.39, 0.29) is 35.8 Å². The summed E-state index contributed by atoms with van der Waals surface area (Å²) in [4.78, 5) is 25.4. The topological polar surface area (TPSA) is 89.5 Å². The Morgan fingerprint density at radius 1 is 1.19 bits per heavy atom. The molecule has 0 aliphatic carbocycles. The second kappa shape index (κ2) is 8.29. The molecule has 3 rings (SSSR count). The predicted molar refractivity (Wildman–Crippen MR) is 103 cm³/mol. The number of carbonyl (C=O) groups is 1. The highest BCUT2D eigenvalue weighted by Crippen LogP contribution is 2.33. The van der Waals surface area contributed by atoms with Crippen LogP contribution in [0.15, 0.2) is 48.5 Å². The maximum Gasteiger partial charge on any atom is 0.273 e. The maximum atomic E-state index is 12.9. The summed E-state index contributed by atoms with van der Waals surface area (Å²) in [6.07, 6.45) is 0. The van der Waals surface area contributed by atoms with Crippen molar-refractivity contribution >= 4 is 24.0 Å². The highest BCUT2D eigenvalue weighted by Gasteiger charge is 2.36. The summed E-state index contributed by atoms with van der Waals surface area (Å²) in [6.45, 7) is 3.26. The van der Waals surface area contributed by atoms with Gasteiger partial charge in [0.15, 0.2) is 0 Å². The molecule has 2 atom stereocenters. The lowest BCUT2D eigenvalue weighted by Gasteiger charge is -2.18. The lowest BCUT2D eigenvalue weighted by molar-refractivity contribution is -0.385. The van der Waals surface area contributed by atoms with Crippen LogP contribution in [-0.4, -0.2) is 35.4 Å². The Balaban J connectivity index is 0.00000243. The largest absolute Gasteiger partial charge is 0.338 e. The van der Waals surface area contributed by atoms with E-state index in [4.69, 9.17) is 5.73 Å². The molecule has 0 unspecified atom stereocenters. The Hall–Kier alpha value is -2.44. The van der Waals surface area contributed by atoms with Crippen molar-refractivity contribution in [2.75, 3.05) is 19.6 Å². The average molecular weight is 376 g/mol. The van der Waals surface area contributed by atoms with E-state index in [1.165, 1.54) is 11.6 Å². The third-order valence-electron chi connectivity index (χ3n) is 4.99. The molecule has 0 radical (unpaired) electrons. The van der Waals surface area contributed by atoms with Crippen LogP contribution in [0.5, 0.6) is 0 Å². The molecule has 2 aromatic rings. The first-order valence-corrected chi connectivity index (χ1v) is 8.31. The van der Waals surface area contributed by atoms with Crippen molar-refractivity contribution in [1.29, 1.82) is 0 Å². The normalized spacial score (nSPS) is 19.1. The lowest BCUT2D eigenvalue weighted by atomic mass is 9.89. The Morgan fingerprint density at radius 2 is 1.88 bits per heavy atom. The van der Waals surface area contributed by atoms with Gasteiger partial charge in [0.2, 0.25) is 0 Å². The third kappa shape index (κ3) is 3.71. The summed E-state index contributed by atoms with van der Waals surface area (Å²) in [5.41, 5.74) is 7.87. The number of likely N-dealkylation sites (tertiary alicyclic amines) is 1. The average Bonchev–Trinajstić information content (AvgIpc) is 3.06. The van der Waals surface area contributed by atoms with Gasteiger partial charge >= 0.3 is 0 Å². The third-order valence-corrected chi connectivity index (χ3v) is 4.99. The molecule has 1 aliphatic rings. The summed E-state index contributed by atoms with van der Waals surface area (Å²) in [5, 5.41) is 11.1. The van der Waals surface area contributed by atoms with Gasteiger partial charge in [-0.15, -0.1) is 12.4 Å². The highest BCUT2D eigenvalue weighted by atomic mass is 35.5. The van der Waals surface area contributed by atoms with Crippen molar-refractivity contribution in [3.05, 3.63) is 75.3 Å². The molecule has 1 heterocycles. The van der Waals surface area contributed by atoms with E-state index in [9.17, 15) is 14.9 Å². The Kier molecular flexibility index (Phi) is 6.34. The Bertz CT molecular complexity index is 798. The minimum absolute atomic E-state index is 0. The van der Waals surface area contributed by atoms with Crippen LogP contribution < -0.4 is 5.73 Å². The van der Waals surface area contributed by atoms with E-state index in [2.05, 4.69) is 12.1 Å². The van der Waals surface area contributed by atoms with Gasteiger partial charge in [-0.05, 0) is 31.0 Å². The molecular formula is C19H22ClN3O3. The van der Waals surface area contributed by atoms with Gasteiger partial charge in [0, 0.05) is 36.2 Å². The van der Waals surface area contributed by atoms with Crippen LogP contribution in [-0.2, 0) is 0 Å². The quantitative estimate of drug-likeness (QED) is 0.656. The number of carbonyl (C=O) groups excluding carboxylic acids is 1. The van der Waals surface area contributed by atoms with Crippen LogP contribution in [0, 0.1) is 23.0 Å². The minimum atomic E-state index is -0.453. The van der Waals surface area contributed by atoms with Crippen LogP contribution in [0.4, 0.5) is 5.69 Å². The summed E-state index contributed by atoms with van der Waals surface area (Å²) < 4.78 is 0. The van der Waals surface area contributed by atoms with Crippen LogP contribution in [0.1, 0.15) is 27.4 Å². The van der Waals surface area contributed by atoms with Gasteiger partial charge in [-0.3, -0.25) is 14.9 Å². The maximum absolute atomic E-state index is 12.9. The van der Waals surface area contributed by atoms with Crippen molar-refractivity contribution in [2.24, 2.45) is 11.7 Å². The minimum Gasteiger partial charge on any atom is -0.338 e. The summed E-state index contributed by atoms with van der Waals surface area (Å²) >= 11 is 0. The van der Waals surface area contributed by atoms with Gasteiger partial charge in [-0.2, -0.15) is 0 Å². The number of amides is 1. The van der Waals surface area contributed by atoms with Gasteiger partial charge in [0.05, 0.1) is 4.92 Å². The first-order chi connectivity index (χ1) is 12.0. The van der Waals surface area contributed by atoms with Crippen molar-refractivity contribution in [3.8, 4) is 0 Å². The number of nitro groups is 1. The SMILES string of the molecule is Cc1c(C(=O)N2C[C@@H](CN)[C@H](c3ccccc3)C2)cccc1[N+](=O)[O-].Cl. The first-order valence-electron chi connectivity index (χ1n) is 8.31. The molecule has 1 fully saturated rings. The van der Waals surface area contributed by atoms with E-state index in [0.29, 0.717) is 30.8 Å². The van der Waals surface area contributed by atoms with Crippen LogP contribution in [0.25, 0.3) is 0 Å². The van der Waals surface area contributed by atoms with Gasteiger partial charge in [-0.1, -0.05) is 36.4 Å². The van der Waals surface area contributed by atoms with Crippen LogP contribution >= 0.6 is 12.4 Å². The number of hydrogen-bond acceptors (Lipinski definition) is 4. The van der Waals surface area contributed by atoms with Crippen molar-refractivity contribution in [2.45, 2.75) is 12.8 Å². The zero-order chi connectivity index (χ0) is 18.0. The molecule has 1 amide bonds. The molecule has 0 aromatic heterocycles. The second-order valence-electron chi connectivity index (χ2n) is 6.43. The molecule has 0 saturated carbocycles. The fourth-order valence-electron chi connectivity index (χ4n) is 3.58. The van der Waals surface area contributed by atoms with Crippen LogP contribution in [0.3, 0.4) is 0 Å². The second-order valence-corrected chi connectivity index (χ2v) is 6.43. The smallest absolute Gasteiger partial charge is 0.273 e. The van der Waals surface area contributed by atoms with Crippen molar-refractivity contribution in [3.63, 3.8) is 0 Å². The number of nitro benzene ring substituents is 1. The fourth-order valence-corrected chi connectivity index (χ4v) is 3.58. The van der Waals surface area contributed by atoms with Gasteiger partial charge in [-0.25, -0.2) is 0 Å². The van der Waals surface area contributed by atoms with E-state index >= 15 is 0 Å². The number of hydrogen-bond donors (Lipinski definition) is 1. The van der Waals surface area contributed by atoms with Crippen molar-refractivity contribution in [1.82, 2.24) is 4.90 Å². The number of halogens is 1. The highest BCUT2D eigenvalue weighted by molar-refractivity contribution is 5.96. The number of nitrogens with two attached hydrogens (primary N) is 1. The van der Waals surface area contributed by atoms with E-state index in [0.717, 1.165) is 0 Å². The molecule has 2 N–H and O–H groups in total. The Morgan fingerprint density at radius 3 is 2.50 bits per heavy atom. The summed E-state index contributed by atoms with van der Waals surface area (Å²) in [5.74, 6) is 0.206. The molecule has 138 valence electrons. The monoisotopic (exact) mass is 375 g/mol. The lowest BCUT2D eigenvalue weighted by Crippen LogP contribution is -2.30. The molecule has 2 aromatic carbocycles. The van der Waals surface area contributed by atoms with Gasteiger partial charge < -0.3 is 10.6 Å². The Labute approximate surface area is 158 Å². The van der Waals surface area contributed by atoms with E-state index in [1.54, 1.807) is 24.0 Å². The molecule has 6 nitrogen and oxygen atoms in total. The molecule has 0 spiro atoms. The van der Waals surface area contributed by atoms with E-state index in [1.807, 2.05) is 18.2 Å². The van der Waals surface area contributed by atoms with Gasteiger partial charge in [0.25, 0.3) is 11.6 Å². The molecule has 1 saturated heterocycles. The van der Waals surface area contributed by atoms with Crippen molar-refractivity contribution < 1.29 is 9.72 Å². The molecule has 26 heavy (non-hydrogen) atoms. The van der Waals surface area contributed by atoms with E-state index < -0.39 is 4.92 Å². The van der Waals surface area contributed by atoms with Gasteiger partial charge in [0.1, 0.15) is 0 Å². The number of nitrogens with zero attached hydrogens (tertiary/aromatic N) is 2. The van der Waals surface area contributed by atoms with Crippen LogP contribution in [0.2, 0.25) is 0 Å².